The highest BCUT2D eigenvalue weighted by Gasteiger charge is 2.15. The number of rotatable bonds is 5. The second kappa shape index (κ2) is 5.61. The van der Waals surface area contributed by atoms with Crippen LogP contribution in [0.2, 0.25) is 0 Å². The number of nitrogens with one attached hydrogen (secondary N) is 1. The molecule has 0 spiro atoms. The molecule has 1 fully saturated rings. The molecule has 13 heavy (non-hydrogen) atoms. The molecule has 2 atom stereocenters. The van der Waals surface area contributed by atoms with Crippen LogP contribution in [0.1, 0.15) is 33.6 Å². The molecule has 0 aromatic carbocycles. The van der Waals surface area contributed by atoms with E-state index in [2.05, 4.69) is 26.1 Å². The van der Waals surface area contributed by atoms with Crippen LogP contribution in [0.3, 0.4) is 0 Å². The van der Waals surface area contributed by atoms with Crippen LogP contribution in [-0.2, 0) is 4.74 Å². The zero-order chi connectivity index (χ0) is 9.68. The van der Waals surface area contributed by atoms with Gasteiger partial charge in [-0.25, -0.2) is 0 Å². The van der Waals surface area contributed by atoms with Crippen molar-refractivity contribution in [1.82, 2.24) is 5.32 Å². The summed E-state index contributed by atoms with van der Waals surface area (Å²) in [6, 6.07) is 0. The van der Waals surface area contributed by atoms with Crippen molar-refractivity contribution in [3.63, 3.8) is 0 Å². The number of ether oxygens (including phenoxy) is 1. The molecule has 0 radical (unpaired) electrons. The third kappa shape index (κ3) is 4.10. The zero-order valence-electron chi connectivity index (χ0n) is 9.18. The van der Waals surface area contributed by atoms with Crippen LogP contribution >= 0.6 is 0 Å². The molecule has 1 N–H and O–H groups in total. The van der Waals surface area contributed by atoms with E-state index >= 15 is 0 Å². The van der Waals surface area contributed by atoms with Crippen LogP contribution in [0, 0.1) is 11.8 Å². The number of hydrogen-bond acceptors (Lipinski definition) is 2. The minimum Gasteiger partial charge on any atom is -0.377 e. The highest BCUT2D eigenvalue weighted by atomic mass is 16.5. The lowest BCUT2D eigenvalue weighted by molar-refractivity contribution is 0.109. The Hall–Kier alpha value is -0.0800. The topological polar surface area (TPSA) is 21.3 Å². The predicted molar refractivity (Wildman–Crippen MR) is 55.8 cm³/mol. The smallest absolute Gasteiger partial charge is 0.0700 e. The summed E-state index contributed by atoms with van der Waals surface area (Å²) < 4.78 is 5.53. The molecule has 2 nitrogen and oxygen atoms in total. The van der Waals surface area contributed by atoms with Crippen LogP contribution in [-0.4, -0.2) is 25.8 Å². The summed E-state index contributed by atoms with van der Waals surface area (Å²) in [6.07, 6.45) is 2.97. The molecule has 0 aromatic rings. The molecular weight excluding hydrogens is 162 g/mol. The van der Waals surface area contributed by atoms with E-state index in [4.69, 9.17) is 4.74 Å². The SMILES string of the molecule is CC(C)C(C)CNCC1CCCO1. The van der Waals surface area contributed by atoms with Gasteiger partial charge in [-0.2, -0.15) is 0 Å². The second-order valence-corrected chi connectivity index (χ2v) is 4.51. The first-order valence-electron chi connectivity index (χ1n) is 5.52. The van der Waals surface area contributed by atoms with Gasteiger partial charge in [0.15, 0.2) is 0 Å². The maximum Gasteiger partial charge on any atom is 0.0700 e. The highest BCUT2D eigenvalue weighted by Crippen LogP contribution is 2.11. The highest BCUT2D eigenvalue weighted by molar-refractivity contribution is 4.69. The van der Waals surface area contributed by atoms with E-state index in [1.54, 1.807) is 0 Å². The van der Waals surface area contributed by atoms with E-state index in [9.17, 15) is 0 Å². The van der Waals surface area contributed by atoms with Crippen LogP contribution in [0.4, 0.5) is 0 Å². The van der Waals surface area contributed by atoms with Gasteiger partial charge >= 0.3 is 0 Å². The molecule has 1 heterocycles. The molecule has 78 valence electrons. The summed E-state index contributed by atoms with van der Waals surface area (Å²) in [4.78, 5) is 0. The van der Waals surface area contributed by atoms with E-state index in [0.717, 1.165) is 31.5 Å². The molecular formula is C11H23NO. The Labute approximate surface area is 82.0 Å². The molecule has 0 amide bonds. The molecule has 1 aliphatic rings. The second-order valence-electron chi connectivity index (χ2n) is 4.51. The van der Waals surface area contributed by atoms with Crippen LogP contribution < -0.4 is 5.32 Å². The van der Waals surface area contributed by atoms with Crippen molar-refractivity contribution in [3.8, 4) is 0 Å². The molecule has 0 saturated carbocycles. The van der Waals surface area contributed by atoms with E-state index in [0.29, 0.717) is 6.10 Å². The first-order chi connectivity index (χ1) is 6.20. The molecule has 2 heteroatoms. The van der Waals surface area contributed by atoms with Crippen molar-refractivity contribution in [3.05, 3.63) is 0 Å². The first kappa shape index (κ1) is 11.0. The lowest BCUT2D eigenvalue weighted by Gasteiger charge is -2.17. The van der Waals surface area contributed by atoms with Crippen molar-refractivity contribution < 1.29 is 4.74 Å². The van der Waals surface area contributed by atoms with Gasteiger partial charge in [-0.3, -0.25) is 0 Å². The lowest BCUT2D eigenvalue weighted by Crippen LogP contribution is -2.31. The molecule has 0 aliphatic carbocycles. The van der Waals surface area contributed by atoms with Crippen LogP contribution in [0.25, 0.3) is 0 Å². The monoisotopic (exact) mass is 185 g/mol. The van der Waals surface area contributed by atoms with E-state index in [-0.39, 0.29) is 0 Å². The van der Waals surface area contributed by atoms with Gasteiger partial charge < -0.3 is 10.1 Å². The Bertz CT molecular complexity index is 128. The average molecular weight is 185 g/mol. The Morgan fingerprint density at radius 2 is 2.15 bits per heavy atom. The quantitative estimate of drug-likeness (QED) is 0.708. The third-order valence-electron chi connectivity index (χ3n) is 3.00. The summed E-state index contributed by atoms with van der Waals surface area (Å²) >= 11 is 0. The van der Waals surface area contributed by atoms with Gasteiger partial charge in [0.2, 0.25) is 0 Å². The fourth-order valence-electron chi connectivity index (χ4n) is 1.51. The Balaban J connectivity index is 1.99. The molecule has 0 bridgehead atoms. The van der Waals surface area contributed by atoms with Gasteiger partial charge in [0.05, 0.1) is 6.10 Å². The zero-order valence-corrected chi connectivity index (χ0v) is 9.18. The molecule has 0 aromatic heterocycles. The Morgan fingerprint density at radius 1 is 1.38 bits per heavy atom. The summed E-state index contributed by atoms with van der Waals surface area (Å²) in [6.45, 7) is 9.98. The first-order valence-corrected chi connectivity index (χ1v) is 5.52. The Kier molecular flexibility index (Phi) is 4.74. The summed E-state index contributed by atoms with van der Waals surface area (Å²) in [5, 5.41) is 3.48. The summed E-state index contributed by atoms with van der Waals surface area (Å²) in [5.74, 6) is 1.54. The molecule has 1 rings (SSSR count). The molecule has 2 unspecified atom stereocenters. The van der Waals surface area contributed by atoms with Gasteiger partial charge in [0, 0.05) is 13.2 Å². The van der Waals surface area contributed by atoms with Gasteiger partial charge in [-0.1, -0.05) is 20.8 Å². The van der Waals surface area contributed by atoms with Gasteiger partial charge in [0.25, 0.3) is 0 Å². The summed E-state index contributed by atoms with van der Waals surface area (Å²) in [5.41, 5.74) is 0. The maximum atomic E-state index is 5.53. The number of hydrogen-bond donors (Lipinski definition) is 1. The molecule has 1 saturated heterocycles. The minimum atomic E-state index is 0.486. The van der Waals surface area contributed by atoms with E-state index < -0.39 is 0 Å². The van der Waals surface area contributed by atoms with Crippen LogP contribution in [0.15, 0.2) is 0 Å². The lowest BCUT2D eigenvalue weighted by atomic mass is 9.98. The average Bonchev–Trinajstić information content (AvgIpc) is 2.56. The normalized spacial score (nSPS) is 25.4. The fourth-order valence-corrected chi connectivity index (χ4v) is 1.51. The van der Waals surface area contributed by atoms with Gasteiger partial charge in [0.1, 0.15) is 0 Å². The minimum absolute atomic E-state index is 0.486. The van der Waals surface area contributed by atoms with Crippen molar-refractivity contribution in [2.45, 2.75) is 39.7 Å². The maximum absolute atomic E-state index is 5.53. The van der Waals surface area contributed by atoms with E-state index in [1.165, 1.54) is 12.8 Å². The van der Waals surface area contributed by atoms with Crippen molar-refractivity contribution >= 4 is 0 Å². The van der Waals surface area contributed by atoms with E-state index in [1.807, 2.05) is 0 Å². The van der Waals surface area contributed by atoms with Crippen molar-refractivity contribution in [1.29, 1.82) is 0 Å². The largest absolute Gasteiger partial charge is 0.377 e. The fraction of sp³-hybridized carbons (Fsp3) is 1.00. The third-order valence-corrected chi connectivity index (χ3v) is 3.00. The predicted octanol–water partition coefficient (Wildman–Crippen LogP) is 2.05. The van der Waals surface area contributed by atoms with Crippen LogP contribution in [0.5, 0.6) is 0 Å². The van der Waals surface area contributed by atoms with Crippen molar-refractivity contribution in [2.75, 3.05) is 19.7 Å². The summed E-state index contributed by atoms with van der Waals surface area (Å²) in [7, 11) is 0. The van der Waals surface area contributed by atoms with Crippen molar-refractivity contribution in [2.24, 2.45) is 11.8 Å². The standard InChI is InChI=1S/C11H23NO/c1-9(2)10(3)7-12-8-11-5-4-6-13-11/h9-12H,4-8H2,1-3H3. The van der Waals surface area contributed by atoms with Gasteiger partial charge in [-0.15, -0.1) is 0 Å². The Morgan fingerprint density at radius 3 is 2.69 bits per heavy atom. The van der Waals surface area contributed by atoms with Gasteiger partial charge in [-0.05, 0) is 31.2 Å². The molecule has 1 aliphatic heterocycles.